The number of anilines is 2. The highest BCUT2D eigenvalue weighted by molar-refractivity contribution is 8.00. The highest BCUT2D eigenvalue weighted by atomic mass is 35.5. The Bertz CT molecular complexity index is 748. The van der Waals surface area contributed by atoms with E-state index in [0.29, 0.717) is 5.02 Å². The Kier molecular flexibility index (Phi) is 7.34. The normalized spacial score (nSPS) is 10.4. The first-order chi connectivity index (χ1) is 12.0. The van der Waals surface area contributed by atoms with Crippen LogP contribution in [0, 0.1) is 6.92 Å². The summed E-state index contributed by atoms with van der Waals surface area (Å²) >= 11 is 7.17. The Morgan fingerprint density at radius 3 is 2.24 bits per heavy atom. The van der Waals surface area contributed by atoms with Crippen molar-refractivity contribution in [3.8, 4) is 0 Å². The zero-order valence-electron chi connectivity index (χ0n) is 14.3. The van der Waals surface area contributed by atoms with Gasteiger partial charge in [0, 0.05) is 16.4 Å². The van der Waals surface area contributed by atoms with Gasteiger partial charge >= 0.3 is 0 Å². The number of nitrogens with one attached hydrogen (secondary N) is 2. The molecule has 2 rings (SSSR count). The molecule has 25 heavy (non-hydrogen) atoms. The smallest absolute Gasteiger partial charge is 0.234 e. The summed E-state index contributed by atoms with van der Waals surface area (Å²) in [5, 5.41) is 6.28. The first-order valence-corrected chi connectivity index (χ1v) is 9.53. The fourth-order valence-corrected chi connectivity index (χ4v) is 3.05. The maximum absolute atomic E-state index is 12.0. The van der Waals surface area contributed by atoms with Crippen molar-refractivity contribution in [2.75, 3.05) is 22.1 Å². The molecule has 0 aromatic heterocycles. The van der Waals surface area contributed by atoms with Crippen LogP contribution in [0.4, 0.5) is 11.4 Å². The molecule has 0 spiro atoms. The van der Waals surface area contributed by atoms with E-state index < -0.39 is 0 Å². The van der Waals surface area contributed by atoms with Crippen LogP contribution >= 0.6 is 23.4 Å². The molecular formula is C19H21ClN2O2S. The van der Waals surface area contributed by atoms with Gasteiger partial charge in [0.05, 0.1) is 11.5 Å². The molecule has 4 nitrogen and oxygen atoms in total. The summed E-state index contributed by atoms with van der Waals surface area (Å²) in [5.74, 6) is 0.174. The molecule has 0 fully saturated rings. The SMILES string of the molecule is CCc1ccc(NC(=O)CSCC(=O)Nc2ccc(Cl)cc2C)cc1. The number of hydrogen-bond acceptors (Lipinski definition) is 3. The van der Waals surface area contributed by atoms with Crippen LogP contribution in [0.15, 0.2) is 42.5 Å². The number of thioether (sulfide) groups is 1. The average Bonchev–Trinajstić information content (AvgIpc) is 2.58. The van der Waals surface area contributed by atoms with E-state index in [0.717, 1.165) is 23.4 Å². The van der Waals surface area contributed by atoms with E-state index in [2.05, 4.69) is 17.6 Å². The van der Waals surface area contributed by atoms with Gasteiger partial charge in [-0.3, -0.25) is 9.59 Å². The summed E-state index contributed by atoms with van der Waals surface area (Å²) in [4.78, 5) is 23.9. The molecule has 0 saturated heterocycles. The molecule has 0 radical (unpaired) electrons. The van der Waals surface area contributed by atoms with Crippen LogP contribution < -0.4 is 10.6 Å². The van der Waals surface area contributed by atoms with Gasteiger partial charge < -0.3 is 10.6 Å². The fourth-order valence-electron chi connectivity index (χ4n) is 2.21. The van der Waals surface area contributed by atoms with Crippen molar-refractivity contribution >= 4 is 46.6 Å². The maximum Gasteiger partial charge on any atom is 0.234 e. The van der Waals surface area contributed by atoms with Gasteiger partial charge in [-0.2, -0.15) is 0 Å². The van der Waals surface area contributed by atoms with Gasteiger partial charge in [-0.15, -0.1) is 11.8 Å². The van der Waals surface area contributed by atoms with Crippen LogP contribution in [-0.2, 0) is 16.0 Å². The second-order valence-electron chi connectivity index (χ2n) is 5.60. The molecule has 6 heteroatoms. The second-order valence-corrected chi connectivity index (χ2v) is 7.02. The zero-order chi connectivity index (χ0) is 18.2. The van der Waals surface area contributed by atoms with Crippen molar-refractivity contribution < 1.29 is 9.59 Å². The van der Waals surface area contributed by atoms with E-state index in [1.165, 1.54) is 17.3 Å². The molecule has 0 bridgehead atoms. The number of halogens is 1. The highest BCUT2D eigenvalue weighted by Gasteiger charge is 2.08. The van der Waals surface area contributed by atoms with Gasteiger partial charge in [0.25, 0.3) is 0 Å². The molecular weight excluding hydrogens is 356 g/mol. The number of hydrogen-bond donors (Lipinski definition) is 2. The van der Waals surface area contributed by atoms with Crippen molar-refractivity contribution in [3.63, 3.8) is 0 Å². The van der Waals surface area contributed by atoms with Crippen molar-refractivity contribution in [3.05, 3.63) is 58.6 Å². The molecule has 2 aromatic carbocycles. The molecule has 0 atom stereocenters. The minimum Gasteiger partial charge on any atom is -0.325 e. The third kappa shape index (κ3) is 6.44. The van der Waals surface area contributed by atoms with Gasteiger partial charge in [0.1, 0.15) is 0 Å². The van der Waals surface area contributed by atoms with Crippen LogP contribution in [-0.4, -0.2) is 23.3 Å². The summed E-state index contributed by atoms with van der Waals surface area (Å²) in [6.45, 7) is 3.96. The second kappa shape index (κ2) is 9.49. The van der Waals surface area contributed by atoms with Crippen molar-refractivity contribution in [2.24, 2.45) is 0 Å². The maximum atomic E-state index is 12.0. The summed E-state index contributed by atoms with van der Waals surface area (Å²) in [6, 6.07) is 13.0. The van der Waals surface area contributed by atoms with Gasteiger partial charge in [-0.1, -0.05) is 30.7 Å². The Hall–Kier alpha value is -1.98. The first kappa shape index (κ1) is 19.3. The molecule has 0 heterocycles. The predicted octanol–water partition coefficient (Wildman–Crippen LogP) is 4.52. The molecule has 0 aliphatic rings. The monoisotopic (exact) mass is 376 g/mol. The molecule has 0 aliphatic carbocycles. The Morgan fingerprint density at radius 1 is 1.00 bits per heavy atom. The van der Waals surface area contributed by atoms with E-state index in [1.54, 1.807) is 18.2 Å². The number of aryl methyl sites for hydroxylation is 2. The fraction of sp³-hybridized carbons (Fsp3) is 0.263. The lowest BCUT2D eigenvalue weighted by molar-refractivity contribution is -0.114. The Labute approximate surface area is 157 Å². The van der Waals surface area contributed by atoms with E-state index in [1.807, 2.05) is 31.2 Å². The van der Waals surface area contributed by atoms with Crippen molar-refractivity contribution in [2.45, 2.75) is 20.3 Å². The molecule has 0 saturated carbocycles. The van der Waals surface area contributed by atoms with Crippen LogP contribution in [0.3, 0.4) is 0 Å². The number of amides is 2. The number of carbonyl (C=O) groups is 2. The quantitative estimate of drug-likeness (QED) is 0.746. The van der Waals surface area contributed by atoms with E-state index >= 15 is 0 Å². The van der Waals surface area contributed by atoms with Crippen molar-refractivity contribution in [1.29, 1.82) is 0 Å². The summed E-state index contributed by atoms with van der Waals surface area (Å²) < 4.78 is 0. The molecule has 132 valence electrons. The summed E-state index contributed by atoms with van der Waals surface area (Å²) in [5.41, 5.74) is 3.63. The number of benzene rings is 2. The lowest BCUT2D eigenvalue weighted by Crippen LogP contribution is -2.18. The molecule has 2 amide bonds. The Morgan fingerprint density at radius 2 is 1.64 bits per heavy atom. The van der Waals surface area contributed by atoms with Gasteiger partial charge in [-0.05, 0) is 54.8 Å². The Balaban J connectivity index is 1.73. The van der Waals surface area contributed by atoms with Gasteiger partial charge in [-0.25, -0.2) is 0 Å². The van der Waals surface area contributed by atoms with E-state index in [9.17, 15) is 9.59 Å². The third-order valence-corrected chi connectivity index (χ3v) is 4.74. The standard InChI is InChI=1S/C19H21ClN2O2S/c1-3-14-4-7-16(8-5-14)21-18(23)11-25-12-19(24)22-17-9-6-15(20)10-13(17)2/h4-10H,3,11-12H2,1-2H3,(H,21,23)(H,22,24). The van der Waals surface area contributed by atoms with Crippen LogP contribution in [0.1, 0.15) is 18.1 Å². The first-order valence-electron chi connectivity index (χ1n) is 8.00. The predicted molar refractivity (Wildman–Crippen MR) is 107 cm³/mol. The zero-order valence-corrected chi connectivity index (χ0v) is 15.8. The molecule has 2 aromatic rings. The van der Waals surface area contributed by atoms with Crippen LogP contribution in [0.2, 0.25) is 5.02 Å². The number of rotatable bonds is 7. The topological polar surface area (TPSA) is 58.2 Å². The van der Waals surface area contributed by atoms with Gasteiger partial charge in [0.2, 0.25) is 11.8 Å². The largest absolute Gasteiger partial charge is 0.325 e. The number of carbonyl (C=O) groups excluding carboxylic acids is 2. The molecule has 2 N–H and O–H groups in total. The van der Waals surface area contributed by atoms with E-state index in [-0.39, 0.29) is 23.3 Å². The minimum atomic E-state index is -0.143. The lowest BCUT2D eigenvalue weighted by Gasteiger charge is -2.09. The van der Waals surface area contributed by atoms with Crippen molar-refractivity contribution in [1.82, 2.24) is 0 Å². The summed E-state index contributed by atoms with van der Waals surface area (Å²) in [7, 11) is 0. The molecule has 0 aliphatic heterocycles. The van der Waals surface area contributed by atoms with E-state index in [4.69, 9.17) is 11.6 Å². The minimum absolute atomic E-state index is 0.121. The van der Waals surface area contributed by atoms with Crippen LogP contribution in [0.5, 0.6) is 0 Å². The molecule has 0 unspecified atom stereocenters. The summed E-state index contributed by atoms with van der Waals surface area (Å²) in [6.07, 6.45) is 0.965. The van der Waals surface area contributed by atoms with Gasteiger partial charge in [0.15, 0.2) is 0 Å². The average molecular weight is 377 g/mol. The van der Waals surface area contributed by atoms with Crippen LogP contribution in [0.25, 0.3) is 0 Å². The third-order valence-electron chi connectivity index (χ3n) is 3.57. The highest BCUT2D eigenvalue weighted by Crippen LogP contribution is 2.19. The lowest BCUT2D eigenvalue weighted by atomic mass is 10.1.